The first-order chi connectivity index (χ1) is 10.7. The number of rotatable bonds is 3. The first-order valence-electron chi connectivity index (χ1n) is 7.40. The standard InChI is InChI=1S/C16H20N4OS/c1-11-4-5-14(20-7-8-21-10-12(20)2)18-15(11)16(17-3)13-6-9-22-19-13/h4-6,9,12H,7-8,10H2,1-3H3/t12-/m1/s1. The van der Waals surface area contributed by atoms with Crippen LogP contribution in [0.4, 0.5) is 5.82 Å². The predicted octanol–water partition coefficient (Wildman–Crippen LogP) is 2.54. The summed E-state index contributed by atoms with van der Waals surface area (Å²) < 4.78 is 9.91. The number of aliphatic imine (C=N–C) groups is 1. The lowest BCUT2D eigenvalue weighted by molar-refractivity contribution is 0.0985. The van der Waals surface area contributed by atoms with E-state index < -0.39 is 0 Å². The van der Waals surface area contributed by atoms with Crippen molar-refractivity contribution in [1.82, 2.24) is 9.36 Å². The van der Waals surface area contributed by atoms with Gasteiger partial charge in [-0.3, -0.25) is 4.99 Å². The van der Waals surface area contributed by atoms with Gasteiger partial charge in [0.25, 0.3) is 0 Å². The summed E-state index contributed by atoms with van der Waals surface area (Å²) in [7, 11) is 1.79. The first kappa shape index (κ1) is 15.1. The van der Waals surface area contributed by atoms with Crippen LogP contribution in [0.3, 0.4) is 0 Å². The van der Waals surface area contributed by atoms with Gasteiger partial charge in [0.05, 0.1) is 24.9 Å². The number of morpholine rings is 1. The molecule has 0 N–H and O–H groups in total. The number of hydrogen-bond acceptors (Lipinski definition) is 6. The molecule has 0 spiro atoms. The van der Waals surface area contributed by atoms with Gasteiger partial charge >= 0.3 is 0 Å². The summed E-state index contributed by atoms with van der Waals surface area (Å²) >= 11 is 1.43. The van der Waals surface area contributed by atoms with E-state index in [1.54, 1.807) is 7.05 Å². The largest absolute Gasteiger partial charge is 0.377 e. The Hall–Kier alpha value is -1.79. The topological polar surface area (TPSA) is 50.6 Å². The highest BCUT2D eigenvalue weighted by atomic mass is 32.1. The van der Waals surface area contributed by atoms with Gasteiger partial charge in [-0.1, -0.05) is 6.07 Å². The number of pyridine rings is 1. The molecule has 1 aliphatic heterocycles. The SMILES string of the molecule is CN=C(c1ccsn1)c1nc(N2CCOC[C@H]2C)ccc1C. The molecule has 0 aliphatic carbocycles. The van der Waals surface area contributed by atoms with E-state index in [-0.39, 0.29) is 0 Å². The fourth-order valence-electron chi connectivity index (χ4n) is 2.66. The van der Waals surface area contributed by atoms with E-state index in [1.807, 2.05) is 11.4 Å². The monoisotopic (exact) mass is 316 g/mol. The van der Waals surface area contributed by atoms with Crippen molar-refractivity contribution >= 4 is 23.1 Å². The van der Waals surface area contributed by atoms with Crippen LogP contribution < -0.4 is 4.90 Å². The molecule has 2 aromatic rings. The molecule has 0 amide bonds. The Morgan fingerprint density at radius 3 is 2.95 bits per heavy atom. The zero-order valence-electron chi connectivity index (χ0n) is 13.1. The fourth-order valence-corrected chi connectivity index (χ4v) is 3.17. The Labute approximate surface area is 134 Å². The lowest BCUT2D eigenvalue weighted by atomic mass is 10.1. The molecule has 3 rings (SSSR count). The van der Waals surface area contributed by atoms with Crippen molar-refractivity contribution < 1.29 is 4.74 Å². The van der Waals surface area contributed by atoms with Crippen molar-refractivity contribution in [2.24, 2.45) is 4.99 Å². The number of hydrogen-bond donors (Lipinski definition) is 0. The number of aryl methyl sites for hydroxylation is 1. The minimum atomic E-state index is 0.332. The molecule has 1 saturated heterocycles. The maximum absolute atomic E-state index is 5.51. The van der Waals surface area contributed by atoms with Crippen LogP contribution in [0.25, 0.3) is 0 Å². The molecule has 1 atom stereocenters. The molecule has 0 aromatic carbocycles. The van der Waals surface area contributed by atoms with Crippen molar-refractivity contribution in [2.75, 3.05) is 31.7 Å². The van der Waals surface area contributed by atoms with Crippen LogP contribution >= 0.6 is 11.5 Å². The molecule has 0 unspecified atom stereocenters. The highest BCUT2D eigenvalue weighted by Gasteiger charge is 2.22. The third-order valence-corrected chi connectivity index (χ3v) is 4.43. The molecule has 3 heterocycles. The van der Waals surface area contributed by atoms with Crippen molar-refractivity contribution in [3.63, 3.8) is 0 Å². The lowest BCUT2D eigenvalue weighted by Gasteiger charge is -2.34. The highest BCUT2D eigenvalue weighted by molar-refractivity contribution is 7.03. The van der Waals surface area contributed by atoms with Gasteiger partial charge in [0.1, 0.15) is 17.2 Å². The van der Waals surface area contributed by atoms with Crippen LogP contribution in [0.15, 0.2) is 28.6 Å². The van der Waals surface area contributed by atoms with Gasteiger partial charge < -0.3 is 9.64 Å². The highest BCUT2D eigenvalue weighted by Crippen LogP contribution is 2.21. The van der Waals surface area contributed by atoms with Crippen molar-refractivity contribution in [3.05, 3.63) is 40.5 Å². The van der Waals surface area contributed by atoms with Gasteiger partial charge in [-0.15, -0.1) is 0 Å². The average Bonchev–Trinajstić information content (AvgIpc) is 3.05. The molecule has 0 saturated carbocycles. The normalized spacial score (nSPS) is 19.5. The second-order valence-corrected chi connectivity index (χ2v) is 6.07. The first-order valence-corrected chi connectivity index (χ1v) is 8.24. The summed E-state index contributed by atoms with van der Waals surface area (Å²) in [5, 5.41) is 1.96. The van der Waals surface area contributed by atoms with Crippen LogP contribution in [0.1, 0.15) is 23.9 Å². The zero-order chi connectivity index (χ0) is 15.5. The Morgan fingerprint density at radius 2 is 2.27 bits per heavy atom. The summed E-state index contributed by atoms with van der Waals surface area (Å²) in [6, 6.07) is 6.50. The molecule has 1 fully saturated rings. The molecule has 5 nitrogen and oxygen atoms in total. The smallest absolute Gasteiger partial charge is 0.129 e. The summed E-state index contributed by atoms with van der Waals surface area (Å²) in [5.41, 5.74) is 3.75. The molecule has 2 aromatic heterocycles. The summed E-state index contributed by atoms with van der Waals surface area (Å²) in [5.74, 6) is 0.979. The Bertz CT molecular complexity index is 669. The van der Waals surface area contributed by atoms with E-state index in [1.165, 1.54) is 11.5 Å². The van der Waals surface area contributed by atoms with Crippen molar-refractivity contribution in [1.29, 1.82) is 0 Å². The van der Waals surface area contributed by atoms with E-state index in [9.17, 15) is 0 Å². The van der Waals surface area contributed by atoms with Gasteiger partial charge in [-0.25, -0.2) is 4.98 Å². The summed E-state index contributed by atoms with van der Waals surface area (Å²) in [4.78, 5) is 11.6. The average molecular weight is 316 g/mol. The van der Waals surface area contributed by atoms with E-state index in [0.717, 1.165) is 48.2 Å². The van der Waals surface area contributed by atoms with E-state index in [0.29, 0.717) is 6.04 Å². The van der Waals surface area contributed by atoms with Gasteiger partial charge in [0.2, 0.25) is 0 Å². The van der Waals surface area contributed by atoms with Crippen LogP contribution in [-0.4, -0.2) is 47.9 Å². The van der Waals surface area contributed by atoms with E-state index >= 15 is 0 Å². The van der Waals surface area contributed by atoms with Crippen LogP contribution in [-0.2, 0) is 4.74 Å². The minimum absolute atomic E-state index is 0.332. The van der Waals surface area contributed by atoms with Crippen LogP contribution in [0.5, 0.6) is 0 Å². The van der Waals surface area contributed by atoms with Crippen LogP contribution in [0, 0.1) is 6.92 Å². The molecular weight excluding hydrogens is 296 g/mol. The quantitative estimate of drug-likeness (QED) is 0.817. The third kappa shape index (κ3) is 2.89. The molecule has 22 heavy (non-hydrogen) atoms. The molecule has 116 valence electrons. The summed E-state index contributed by atoms with van der Waals surface area (Å²) in [6.07, 6.45) is 0. The third-order valence-electron chi connectivity index (χ3n) is 3.87. The summed E-state index contributed by atoms with van der Waals surface area (Å²) in [6.45, 7) is 6.58. The molecular formula is C16H20N4OS. The van der Waals surface area contributed by atoms with Crippen molar-refractivity contribution in [2.45, 2.75) is 19.9 Å². The maximum Gasteiger partial charge on any atom is 0.129 e. The predicted molar refractivity (Wildman–Crippen MR) is 90.3 cm³/mol. The number of nitrogens with zero attached hydrogens (tertiary/aromatic N) is 4. The van der Waals surface area contributed by atoms with Crippen LogP contribution in [0.2, 0.25) is 0 Å². The number of aromatic nitrogens is 2. The zero-order valence-corrected chi connectivity index (χ0v) is 13.9. The lowest BCUT2D eigenvalue weighted by Crippen LogP contribution is -2.44. The minimum Gasteiger partial charge on any atom is -0.377 e. The molecule has 1 aliphatic rings. The van der Waals surface area contributed by atoms with Gasteiger partial charge in [-0.2, -0.15) is 4.37 Å². The number of ether oxygens (including phenoxy) is 1. The Kier molecular flexibility index (Phi) is 4.49. The molecule has 0 radical (unpaired) electrons. The Balaban J connectivity index is 1.99. The Morgan fingerprint density at radius 1 is 1.41 bits per heavy atom. The second kappa shape index (κ2) is 6.54. The van der Waals surface area contributed by atoms with Gasteiger partial charge in [0.15, 0.2) is 0 Å². The molecule has 0 bridgehead atoms. The second-order valence-electron chi connectivity index (χ2n) is 5.41. The van der Waals surface area contributed by atoms with E-state index in [4.69, 9.17) is 9.72 Å². The fraction of sp³-hybridized carbons (Fsp3) is 0.438. The van der Waals surface area contributed by atoms with Crippen molar-refractivity contribution in [3.8, 4) is 0 Å². The molecule has 6 heteroatoms. The van der Waals surface area contributed by atoms with Gasteiger partial charge in [0, 0.05) is 19.0 Å². The maximum atomic E-state index is 5.51. The van der Waals surface area contributed by atoms with E-state index in [2.05, 4.69) is 40.2 Å². The van der Waals surface area contributed by atoms with Gasteiger partial charge in [-0.05, 0) is 43.1 Å². The number of anilines is 1.